The number of amides is 1. The molecular weight excluding hydrogens is 252 g/mol. The van der Waals surface area contributed by atoms with Gasteiger partial charge in [-0.05, 0) is 25.7 Å². The van der Waals surface area contributed by atoms with E-state index in [0.29, 0.717) is 13.0 Å². The van der Waals surface area contributed by atoms with E-state index in [1.807, 2.05) is 20.8 Å². The number of rotatable bonds is 3. The van der Waals surface area contributed by atoms with E-state index in [4.69, 9.17) is 0 Å². The standard InChI is InChI=1S/C12H22N2O3S/c1-8(2)11-13-9(3)12(15)14(11)7-10-5-4-6-18(10,16)17/h8-11,13H,4-7H2,1-3H3. The Kier molecular flexibility index (Phi) is 3.69. The van der Waals surface area contributed by atoms with Gasteiger partial charge < -0.3 is 4.90 Å². The largest absolute Gasteiger partial charge is 0.324 e. The van der Waals surface area contributed by atoms with Crippen LogP contribution in [0, 0.1) is 5.92 Å². The van der Waals surface area contributed by atoms with Crippen LogP contribution in [0.5, 0.6) is 0 Å². The van der Waals surface area contributed by atoms with Crippen molar-refractivity contribution in [2.75, 3.05) is 12.3 Å². The molecule has 2 heterocycles. The van der Waals surface area contributed by atoms with Crippen LogP contribution in [-0.2, 0) is 14.6 Å². The molecule has 2 aliphatic heterocycles. The summed E-state index contributed by atoms with van der Waals surface area (Å²) in [6, 6.07) is -0.207. The van der Waals surface area contributed by atoms with Crippen LogP contribution in [0.25, 0.3) is 0 Å². The van der Waals surface area contributed by atoms with E-state index in [-0.39, 0.29) is 35.0 Å². The molecule has 0 aromatic carbocycles. The van der Waals surface area contributed by atoms with Crippen LogP contribution in [0.4, 0.5) is 0 Å². The Morgan fingerprint density at radius 2 is 2.11 bits per heavy atom. The molecule has 5 nitrogen and oxygen atoms in total. The van der Waals surface area contributed by atoms with Crippen molar-refractivity contribution in [2.24, 2.45) is 5.92 Å². The molecule has 3 atom stereocenters. The maximum atomic E-state index is 12.1. The second-order valence-corrected chi connectivity index (χ2v) is 8.10. The molecule has 6 heteroatoms. The first-order valence-electron chi connectivity index (χ1n) is 6.61. The zero-order valence-electron chi connectivity index (χ0n) is 11.2. The molecule has 0 bridgehead atoms. The zero-order valence-corrected chi connectivity index (χ0v) is 12.0. The highest BCUT2D eigenvalue weighted by atomic mass is 32.2. The molecular formula is C12H22N2O3S. The minimum atomic E-state index is -2.99. The van der Waals surface area contributed by atoms with Crippen LogP contribution >= 0.6 is 0 Å². The summed E-state index contributed by atoms with van der Waals surface area (Å²) in [5.74, 6) is 0.577. The van der Waals surface area contributed by atoms with E-state index >= 15 is 0 Å². The summed E-state index contributed by atoms with van der Waals surface area (Å²) in [6.07, 6.45) is 1.37. The SMILES string of the molecule is CC1NC(C(C)C)N(CC2CCCS2(=O)=O)C1=O. The van der Waals surface area contributed by atoms with Gasteiger partial charge in [0.05, 0.1) is 23.2 Å². The van der Waals surface area contributed by atoms with Crippen molar-refractivity contribution in [3.63, 3.8) is 0 Å². The van der Waals surface area contributed by atoms with Gasteiger partial charge in [0.2, 0.25) is 5.91 Å². The van der Waals surface area contributed by atoms with Gasteiger partial charge in [0.25, 0.3) is 0 Å². The summed E-state index contributed by atoms with van der Waals surface area (Å²) in [7, 11) is -2.99. The van der Waals surface area contributed by atoms with Gasteiger partial charge in [-0.1, -0.05) is 13.8 Å². The number of nitrogens with one attached hydrogen (secondary N) is 1. The van der Waals surface area contributed by atoms with E-state index in [0.717, 1.165) is 6.42 Å². The van der Waals surface area contributed by atoms with Crippen molar-refractivity contribution >= 4 is 15.7 Å². The predicted molar refractivity (Wildman–Crippen MR) is 69.7 cm³/mol. The number of nitrogens with zero attached hydrogens (tertiary/aromatic N) is 1. The average molecular weight is 274 g/mol. The Morgan fingerprint density at radius 1 is 1.44 bits per heavy atom. The third kappa shape index (κ3) is 2.40. The Labute approximate surface area is 109 Å². The molecule has 2 aliphatic rings. The fraction of sp³-hybridized carbons (Fsp3) is 0.917. The minimum absolute atomic E-state index is 0.0239. The van der Waals surface area contributed by atoms with Crippen molar-refractivity contribution in [3.8, 4) is 0 Å². The lowest BCUT2D eigenvalue weighted by Crippen LogP contribution is -2.45. The first kappa shape index (κ1) is 13.8. The lowest BCUT2D eigenvalue weighted by atomic mass is 10.1. The summed E-state index contributed by atoms with van der Waals surface area (Å²) in [5, 5.41) is 2.87. The van der Waals surface area contributed by atoms with Crippen LogP contribution in [0.1, 0.15) is 33.6 Å². The van der Waals surface area contributed by atoms with Gasteiger partial charge in [-0.2, -0.15) is 0 Å². The highest BCUT2D eigenvalue weighted by Crippen LogP contribution is 2.25. The second kappa shape index (κ2) is 4.81. The monoisotopic (exact) mass is 274 g/mol. The summed E-state index contributed by atoms with van der Waals surface area (Å²) in [4.78, 5) is 13.8. The molecule has 1 amide bonds. The molecule has 2 saturated heterocycles. The van der Waals surface area contributed by atoms with Gasteiger partial charge >= 0.3 is 0 Å². The fourth-order valence-electron chi connectivity index (χ4n) is 2.84. The first-order valence-corrected chi connectivity index (χ1v) is 8.32. The number of carbonyl (C=O) groups is 1. The Hall–Kier alpha value is -0.620. The lowest BCUT2D eigenvalue weighted by molar-refractivity contribution is -0.130. The Morgan fingerprint density at radius 3 is 2.61 bits per heavy atom. The van der Waals surface area contributed by atoms with Crippen LogP contribution in [-0.4, -0.2) is 49.0 Å². The first-order chi connectivity index (χ1) is 8.33. The van der Waals surface area contributed by atoms with E-state index in [9.17, 15) is 13.2 Å². The molecule has 2 fully saturated rings. The molecule has 104 valence electrons. The highest BCUT2D eigenvalue weighted by Gasteiger charge is 2.42. The maximum absolute atomic E-state index is 12.1. The van der Waals surface area contributed by atoms with Gasteiger partial charge in [-0.3, -0.25) is 10.1 Å². The van der Waals surface area contributed by atoms with Crippen LogP contribution in [0.3, 0.4) is 0 Å². The second-order valence-electron chi connectivity index (χ2n) is 5.70. The summed E-state index contributed by atoms with van der Waals surface area (Å²) in [5.41, 5.74) is 0. The zero-order chi connectivity index (χ0) is 13.5. The van der Waals surface area contributed by atoms with Crippen molar-refractivity contribution in [1.29, 1.82) is 0 Å². The quantitative estimate of drug-likeness (QED) is 0.807. The van der Waals surface area contributed by atoms with Crippen molar-refractivity contribution in [1.82, 2.24) is 10.2 Å². The van der Waals surface area contributed by atoms with Gasteiger partial charge in [-0.15, -0.1) is 0 Å². The number of hydrogen-bond acceptors (Lipinski definition) is 4. The normalized spacial score (nSPS) is 35.7. The van der Waals surface area contributed by atoms with Crippen molar-refractivity contribution in [2.45, 2.75) is 51.1 Å². The summed E-state index contributed by atoms with van der Waals surface area (Å²) < 4.78 is 23.7. The topological polar surface area (TPSA) is 66.5 Å². The number of sulfone groups is 1. The summed E-state index contributed by atoms with van der Waals surface area (Å²) in [6.45, 7) is 6.26. The average Bonchev–Trinajstić information content (AvgIpc) is 2.73. The molecule has 0 radical (unpaired) electrons. The van der Waals surface area contributed by atoms with Crippen molar-refractivity contribution < 1.29 is 13.2 Å². The Balaban J connectivity index is 2.13. The molecule has 3 unspecified atom stereocenters. The minimum Gasteiger partial charge on any atom is -0.324 e. The van der Waals surface area contributed by atoms with E-state index < -0.39 is 9.84 Å². The van der Waals surface area contributed by atoms with E-state index in [2.05, 4.69) is 5.32 Å². The molecule has 0 aliphatic carbocycles. The van der Waals surface area contributed by atoms with E-state index in [1.165, 1.54) is 0 Å². The summed E-state index contributed by atoms with van der Waals surface area (Å²) >= 11 is 0. The number of carbonyl (C=O) groups excluding carboxylic acids is 1. The van der Waals surface area contributed by atoms with Gasteiger partial charge in [0, 0.05) is 6.54 Å². The third-order valence-corrected chi connectivity index (χ3v) is 6.16. The smallest absolute Gasteiger partial charge is 0.240 e. The maximum Gasteiger partial charge on any atom is 0.240 e. The van der Waals surface area contributed by atoms with Gasteiger partial charge in [-0.25, -0.2) is 8.42 Å². The molecule has 0 spiro atoms. The van der Waals surface area contributed by atoms with Crippen molar-refractivity contribution in [3.05, 3.63) is 0 Å². The van der Waals surface area contributed by atoms with E-state index in [1.54, 1.807) is 4.90 Å². The highest BCUT2D eigenvalue weighted by molar-refractivity contribution is 7.92. The number of hydrogen-bond donors (Lipinski definition) is 1. The van der Waals surface area contributed by atoms with Crippen LogP contribution in [0.2, 0.25) is 0 Å². The lowest BCUT2D eigenvalue weighted by Gasteiger charge is -2.29. The van der Waals surface area contributed by atoms with Crippen LogP contribution < -0.4 is 5.32 Å². The third-order valence-electron chi connectivity index (χ3n) is 3.90. The fourth-order valence-corrected chi connectivity index (χ4v) is 4.66. The van der Waals surface area contributed by atoms with Gasteiger partial charge in [0.1, 0.15) is 0 Å². The van der Waals surface area contributed by atoms with Crippen LogP contribution in [0.15, 0.2) is 0 Å². The molecule has 0 aromatic heterocycles. The molecule has 0 aromatic rings. The molecule has 2 rings (SSSR count). The predicted octanol–water partition coefficient (Wildman–Crippen LogP) is 0.366. The molecule has 18 heavy (non-hydrogen) atoms. The molecule has 0 saturated carbocycles. The van der Waals surface area contributed by atoms with Gasteiger partial charge in [0.15, 0.2) is 9.84 Å². The Bertz CT molecular complexity index is 433. The molecule has 1 N–H and O–H groups in total.